The highest BCUT2D eigenvalue weighted by molar-refractivity contribution is 5.94. The zero-order valence-electron chi connectivity index (χ0n) is 10.6. The van der Waals surface area contributed by atoms with Crippen molar-refractivity contribution in [3.63, 3.8) is 0 Å². The molecule has 9 heteroatoms. The van der Waals surface area contributed by atoms with E-state index >= 15 is 0 Å². The van der Waals surface area contributed by atoms with Crippen LogP contribution in [0.5, 0.6) is 0 Å². The van der Waals surface area contributed by atoms with Crippen LogP contribution in [0.1, 0.15) is 22.3 Å². The predicted molar refractivity (Wildman–Crippen MR) is 64.4 cm³/mol. The summed E-state index contributed by atoms with van der Waals surface area (Å²) < 4.78 is 50.3. The van der Waals surface area contributed by atoms with Crippen LogP contribution in [0.25, 0.3) is 0 Å². The first-order valence-electron chi connectivity index (χ1n) is 5.83. The molecule has 1 aromatic carbocycles. The molecule has 0 aliphatic rings. The van der Waals surface area contributed by atoms with Gasteiger partial charge >= 0.3 is 12.3 Å². The van der Waals surface area contributed by atoms with Gasteiger partial charge in [0.15, 0.2) is 0 Å². The van der Waals surface area contributed by atoms with E-state index in [1.165, 1.54) is 0 Å². The van der Waals surface area contributed by atoms with Crippen LogP contribution >= 0.6 is 0 Å². The van der Waals surface area contributed by atoms with E-state index in [-0.39, 0.29) is 18.7 Å². The maximum Gasteiger partial charge on any atom is 0.419 e. The zero-order valence-corrected chi connectivity index (χ0v) is 10.6. The Kier molecular flexibility index (Phi) is 5.51. The molecule has 1 rings (SSSR count). The number of alkyl halides is 3. The van der Waals surface area contributed by atoms with Gasteiger partial charge < -0.3 is 15.7 Å². The lowest BCUT2D eigenvalue weighted by Crippen LogP contribution is -2.29. The van der Waals surface area contributed by atoms with Gasteiger partial charge in [-0.25, -0.2) is 9.18 Å². The van der Waals surface area contributed by atoms with E-state index in [1.807, 2.05) is 0 Å². The summed E-state index contributed by atoms with van der Waals surface area (Å²) in [7, 11) is 0. The molecule has 0 aliphatic carbocycles. The number of rotatable bonds is 5. The van der Waals surface area contributed by atoms with E-state index < -0.39 is 29.6 Å². The summed E-state index contributed by atoms with van der Waals surface area (Å²) >= 11 is 0. The third-order valence-corrected chi connectivity index (χ3v) is 2.45. The highest BCUT2D eigenvalue weighted by Gasteiger charge is 2.34. The third-order valence-electron chi connectivity index (χ3n) is 2.45. The fraction of sp³-hybridized carbons (Fsp3) is 0.333. The molecule has 3 N–H and O–H groups in total. The molecule has 0 bridgehead atoms. The number of nitrogens with one attached hydrogen (secondary N) is 2. The van der Waals surface area contributed by atoms with E-state index in [0.29, 0.717) is 18.6 Å². The number of hydrogen-bond donors (Lipinski definition) is 3. The van der Waals surface area contributed by atoms with Crippen LogP contribution in [0, 0.1) is 5.82 Å². The highest BCUT2D eigenvalue weighted by atomic mass is 19.4. The molecule has 0 atom stereocenters. The molecule has 21 heavy (non-hydrogen) atoms. The van der Waals surface area contributed by atoms with Crippen LogP contribution in [-0.2, 0) is 6.18 Å². The van der Waals surface area contributed by atoms with Gasteiger partial charge in [0.1, 0.15) is 5.82 Å². The van der Waals surface area contributed by atoms with E-state index in [1.54, 1.807) is 0 Å². The number of carboxylic acid groups (broad SMARTS) is 1. The summed E-state index contributed by atoms with van der Waals surface area (Å²) in [5, 5.41) is 12.7. The summed E-state index contributed by atoms with van der Waals surface area (Å²) in [6.45, 7) is 0.207. The first kappa shape index (κ1) is 16.7. The molecule has 0 heterocycles. The van der Waals surface area contributed by atoms with Crippen LogP contribution in [-0.4, -0.2) is 30.2 Å². The molecule has 5 nitrogen and oxygen atoms in total. The van der Waals surface area contributed by atoms with Crippen molar-refractivity contribution < 1.29 is 32.3 Å². The average molecular weight is 308 g/mol. The fourth-order valence-corrected chi connectivity index (χ4v) is 1.47. The van der Waals surface area contributed by atoms with Gasteiger partial charge in [0, 0.05) is 18.7 Å². The molecule has 0 radical (unpaired) electrons. The molecule has 0 unspecified atom stereocenters. The Hall–Kier alpha value is -2.32. The number of amides is 2. The molecule has 116 valence electrons. The second-order valence-corrected chi connectivity index (χ2v) is 4.03. The minimum absolute atomic E-state index is 0.0990. The second-order valence-electron chi connectivity index (χ2n) is 4.03. The maximum absolute atomic E-state index is 13.3. The number of benzene rings is 1. The predicted octanol–water partition coefficient (Wildman–Crippen LogP) is 2.23. The summed E-state index contributed by atoms with van der Waals surface area (Å²) in [5.41, 5.74) is -1.68. The van der Waals surface area contributed by atoms with Crippen LogP contribution in [0.2, 0.25) is 0 Å². The summed E-state index contributed by atoms with van der Waals surface area (Å²) in [4.78, 5) is 21.7. The van der Waals surface area contributed by atoms with Gasteiger partial charge in [-0.15, -0.1) is 0 Å². The maximum atomic E-state index is 13.3. The van der Waals surface area contributed by atoms with Gasteiger partial charge in [-0.1, -0.05) is 0 Å². The first-order chi connectivity index (χ1) is 9.71. The molecular weight excluding hydrogens is 296 g/mol. The Bertz CT molecular complexity index is 532. The van der Waals surface area contributed by atoms with E-state index in [2.05, 4.69) is 10.6 Å². The van der Waals surface area contributed by atoms with E-state index in [4.69, 9.17) is 5.11 Å². The lowest BCUT2D eigenvalue weighted by molar-refractivity contribution is -0.140. The Morgan fingerprint density at radius 2 is 1.76 bits per heavy atom. The number of halogens is 4. The number of carbonyl (C=O) groups is 2. The number of hydrogen-bond acceptors (Lipinski definition) is 2. The van der Waals surface area contributed by atoms with Crippen LogP contribution in [0.15, 0.2) is 18.2 Å². The molecule has 0 aliphatic heterocycles. The van der Waals surface area contributed by atoms with Crippen molar-refractivity contribution in [3.8, 4) is 0 Å². The van der Waals surface area contributed by atoms with Gasteiger partial charge in [0.05, 0.1) is 5.56 Å². The largest absolute Gasteiger partial charge is 0.465 e. The molecule has 2 amide bonds. The van der Waals surface area contributed by atoms with Crippen LogP contribution in [0.4, 0.5) is 22.4 Å². The molecular formula is C12H12F4N2O3. The quantitative estimate of drug-likeness (QED) is 0.576. The van der Waals surface area contributed by atoms with Crippen molar-refractivity contribution in [2.75, 3.05) is 13.1 Å². The highest BCUT2D eigenvalue weighted by Crippen LogP contribution is 2.31. The Labute approximate surface area is 117 Å². The van der Waals surface area contributed by atoms with Gasteiger partial charge in [-0.2, -0.15) is 13.2 Å². The van der Waals surface area contributed by atoms with Crippen molar-refractivity contribution in [2.45, 2.75) is 12.6 Å². The van der Waals surface area contributed by atoms with Crippen molar-refractivity contribution in [1.29, 1.82) is 0 Å². The monoisotopic (exact) mass is 308 g/mol. The Morgan fingerprint density at radius 3 is 2.29 bits per heavy atom. The Balaban J connectivity index is 2.56. The van der Waals surface area contributed by atoms with Crippen molar-refractivity contribution in [2.24, 2.45) is 0 Å². The number of carbonyl (C=O) groups excluding carboxylic acids is 1. The topological polar surface area (TPSA) is 78.4 Å². The molecule has 1 aromatic rings. The molecule has 0 aromatic heterocycles. The lowest BCUT2D eigenvalue weighted by atomic mass is 10.1. The van der Waals surface area contributed by atoms with Gasteiger partial charge in [0.2, 0.25) is 0 Å². The minimum atomic E-state index is -4.82. The molecule has 0 saturated carbocycles. The Morgan fingerprint density at radius 1 is 1.14 bits per heavy atom. The fourth-order valence-electron chi connectivity index (χ4n) is 1.47. The lowest BCUT2D eigenvalue weighted by Gasteiger charge is -2.10. The van der Waals surface area contributed by atoms with E-state index in [0.717, 1.165) is 6.07 Å². The normalized spacial score (nSPS) is 11.0. The average Bonchev–Trinajstić information content (AvgIpc) is 2.36. The standard InChI is InChI=1S/C12H12F4N2O3/c13-9-6-7(2-3-8(9)12(14,15)16)10(19)17-4-1-5-18-11(20)21/h2-3,6,18H,1,4-5H2,(H,17,19)(H,20,21). The van der Waals surface area contributed by atoms with Gasteiger partial charge in [0.25, 0.3) is 5.91 Å². The van der Waals surface area contributed by atoms with Crippen LogP contribution in [0.3, 0.4) is 0 Å². The SMILES string of the molecule is O=C(O)NCCCNC(=O)c1ccc(C(F)(F)F)c(F)c1. The molecule has 0 saturated heterocycles. The zero-order chi connectivity index (χ0) is 16.0. The minimum Gasteiger partial charge on any atom is -0.465 e. The third kappa shape index (κ3) is 5.28. The molecule has 0 fully saturated rings. The molecule has 0 spiro atoms. The van der Waals surface area contributed by atoms with Crippen LogP contribution < -0.4 is 10.6 Å². The summed E-state index contributed by atoms with van der Waals surface area (Å²) in [6.07, 6.45) is -5.73. The van der Waals surface area contributed by atoms with Crippen molar-refractivity contribution in [1.82, 2.24) is 10.6 Å². The summed E-state index contributed by atoms with van der Waals surface area (Å²) in [6, 6.07) is 1.88. The van der Waals surface area contributed by atoms with Crippen molar-refractivity contribution in [3.05, 3.63) is 35.1 Å². The van der Waals surface area contributed by atoms with E-state index in [9.17, 15) is 27.2 Å². The first-order valence-corrected chi connectivity index (χ1v) is 5.83. The van der Waals surface area contributed by atoms with Crippen molar-refractivity contribution >= 4 is 12.0 Å². The van der Waals surface area contributed by atoms with Gasteiger partial charge in [-0.05, 0) is 24.6 Å². The summed E-state index contributed by atoms with van der Waals surface area (Å²) in [5.74, 6) is -2.26. The van der Waals surface area contributed by atoms with Gasteiger partial charge in [-0.3, -0.25) is 4.79 Å². The smallest absolute Gasteiger partial charge is 0.419 e. The second kappa shape index (κ2) is 6.91.